The van der Waals surface area contributed by atoms with Crippen molar-refractivity contribution >= 4 is 0 Å². The number of halogens is 12. The van der Waals surface area contributed by atoms with Crippen LogP contribution in [0.2, 0.25) is 0 Å². The zero-order valence-corrected chi connectivity index (χ0v) is 22.9. The Labute approximate surface area is 242 Å². The summed E-state index contributed by atoms with van der Waals surface area (Å²) in [7, 11) is 0. The third kappa shape index (κ3) is 3.63. The summed E-state index contributed by atoms with van der Waals surface area (Å²) < 4.78 is 163. The van der Waals surface area contributed by atoms with Crippen LogP contribution >= 0.6 is 0 Å². The summed E-state index contributed by atoms with van der Waals surface area (Å²) in [5.41, 5.74) is -15.1. The van der Waals surface area contributed by atoms with Crippen molar-refractivity contribution in [3.8, 4) is 24.3 Å². The van der Waals surface area contributed by atoms with Crippen LogP contribution in [0.4, 0.5) is 52.7 Å². The van der Waals surface area contributed by atoms with E-state index in [0.717, 1.165) is 48.6 Å². The average Bonchev–Trinajstić information content (AvgIpc) is 3.60. The number of fused-ring (bicyclic) bond motifs is 4. The van der Waals surface area contributed by atoms with E-state index in [1.54, 1.807) is 0 Å². The SMILES string of the molecule is CC(C)=C1[C@H]2C=C[C@@H]1C(C#N)(C#N)C2(C(F)(F)F)C(F)(F)F.CC(C)=C1[C@H]2C=C[C@@H]1C(C(F)(F)F)(C(F)(F)F)C2(C#N)C#N. The third-order valence-corrected chi connectivity index (χ3v) is 9.09. The Morgan fingerprint density at radius 1 is 0.477 bits per heavy atom. The van der Waals surface area contributed by atoms with Gasteiger partial charge in [-0.25, -0.2) is 0 Å². The molecule has 0 spiro atoms. The molecule has 2 saturated carbocycles. The normalized spacial score (nSPS) is 28.4. The maximum Gasteiger partial charge on any atom is 0.406 e. The Morgan fingerprint density at radius 2 is 0.682 bits per heavy atom. The molecule has 4 nitrogen and oxygen atoms in total. The molecule has 0 unspecified atom stereocenters. The molecular formula is C28H20F12N4. The molecule has 4 atom stereocenters. The minimum absolute atomic E-state index is 0.141. The first-order valence-corrected chi connectivity index (χ1v) is 12.5. The topological polar surface area (TPSA) is 95.2 Å². The molecular weight excluding hydrogens is 620 g/mol. The van der Waals surface area contributed by atoms with Gasteiger partial charge in [-0.1, -0.05) is 46.6 Å². The van der Waals surface area contributed by atoms with Gasteiger partial charge in [-0.15, -0.1) is 0 Å². The van der Waals surface area contributed by atoms with Gasteiger partial charge < -0.3 is 0 Å². The van der Waals surface area contributed by atoms with Gasteiger partial charge in [0.15, 0.2) is 10.8 Å². The molecule has 16 heteroatoms. The second-order valence-corrected chi connectivity index (χ2v) is 11.3. The van der Waals surface area contributed by atoms with E-state index in [2.05, 4.69) is 0 Å². The average molecular weight is 640 g/mol. The molecule has 236 valence electrons. The quantitative estimate of drug-likeness (QED) is 0.196. The van der Waals surface area contributed by atoms with Gasteiger partial charge >= 0.3 is 24.7 Å². The molecule has 0 aromatic heterocycles. The van der Waals surface area contributed by atoms with Crippen molar-refractivity contribution < 1.29 is 52.7 Å². The number of nitrogens with zero attached hydrogens (tertiary/aromatic N) is 4. The fourth-order valence-electron chi connectivity index (χ4n) is 7.58. The maximum atomic E-state index is 13.6. The molecule has 0 amide bonds. The van der Waals surface area contributed by atoms with Crippen molar-refractivity contribution in [3.63, 3.8) is 0 Å². The number of hydrogen-bond acceptors (Lipinski definition) is 4. The van der Waals surface area contributed by atoms with Crippen LogP contribution in [0.25, 0.3) is 0 Å². The van der Waals surface area contributed by atoms with Crippen molar-refractivity contribution in [1.82, 2.24) is 0 Å². The van der Waals surface area contributed by atoms with Crippen LogP contribution in [0, 0.1) is 90.7 Å². The smallest absolute Gasteiger partial charge is 0.196 e. The van der Waals surface area contributed by atoms with Crippen LogP contribution in [0.5, 0.6) is 0 Å². The van der Waals surface area contributed by atoms with Gasteiger partial charge in [0.25, 0.3) is 0 Å². The predicted molar refractivity (Wildman–Crippen MR) is 125 cm³/mol. The first-order valence-electron chi connectivity index (χ1n) is 12.5. The van der Waals surface area contributed by atoms with E-state index in [9.17, 15) is 73.7 Å². The molecule has 2 fully saturated rings. The fourth-order valence-corrected chi connectivity index (χ4v) is 7.58. The lowest BCUT2D eigenvalue weighted by Crippen LogP contribution is -2.62. The van der Waals surface area contributed by atoms with Crippen LogP contribution in [0.1, 0.15) is 27.7 Å². The Kier molecular flexibility index (Phi) is 7.69. The van der Waals surface area contributed by atoms with Crippen LogP contribution < -0.4 is 0 Å². The van der Waals surface area contributed by atoms with E-state index < -0.39 is 70.0 Å². The largest absolute Gasteiger partial charge is 0.406 e. The Morgan fingerprint density at radius 3 is 0.818 bits per heavy atom. The molecule has 0 saturated heterocycles. The summed E-state index contributed by atoms with van der Waals surface area (Å²) in [5, 5.41) is 36.7. The molecule has 0 aliphatic heterocycles. The van der Waals surface area contributed by atoms with Gasteiger partial charge in [0.2, 0.25) is 10.8 Å². The van der Waals surface area contributed by atoms with Crippen LogP contribution in [-0.4, -0.2) is 24.7 Å². The highest BCUT2D eigenvalue weighted by molar-refractivity contribution is 5.53. The van der Waals surface area contributed by atoms with Gasteiger partial charge in [-0.05, 0) is 27.7 Å². The molecule has 4 bridgehead atoms. The van der Waals surface area contributed by atoms with Gasteiger partial charge in [0, 0.05) is 23.7 Å². The fraction of sp³-hybridized carbons (Fsp3) is 0.571. The van der Waals surface area contributed by atoms with Crippen molar-refractivity contribution in [2.24, 2.45) is 45.3 Å². The summed E-state index contributed by atoms with van der Waals surface area (Å²) in [6, 6.07) is 4.24. The zero-order valence-electron chi connectivity index (χ0n) is 22.9. The first-order chi connectivity index (χ1) is 19.8. The second kappa shape index (κ2) is 9.79. The number of alkyl halides is 12. The second-order valence-electron chi connectivity index (χ2n) is 11.3. The molecule has 0 aromatic rings. The molecule has 44 heavy (non-hydrogen) atoms. The number of rotatable bonds is 0. The van der Waals surface area contributed by atoms with Gasteiger partial charge in [0.1, 0.15) is 0 Å². The predicted octanol–water partition coefficient (Wildman–Crippen LogP) is 8.57. The number of nitriles is 4. The summed E-state index contributed by atoms with van der Waals surface area (Å²) in [4.78, 5) is 0. The molecule has 0 heterocycles. The lowest BCUT2D eigenvalue weighted by atomic mass is 9.58. The Balaban J connectivity index is 0.000000240. The molecule has 4 aliphatic rings. The molecule has 0 aromatic carbocycles. The first kappa shape index (κ1) is 34.6. The summed E-state index contributed by atoms with van der Waals surface area (Å²) in [5.74, 6) is -7.19. The van der Waals surface area contributed by atoms with Crippen LogP contribution in [-0.2, 0) is 0 Å². The van der Waals surface area contributed by atoms with Crippen molar-refractivity contribution in [2.75, 3.05) is 0 Å². The van der Waals surface area contributed by atoms with Crippen LogP contribution in [0.3, 0.4) is 0 Å². The van der Waals surface area contributed by atoms with E-state index in [1.807, 2.05) is 0 Å². The lowest BCUT2D eigenvalue weighted by molar-refractivity contribution is -0.368. The third-order valence-electron chi connectivity index (χ3n) is 9.09. The zero-order chi connectivity index (χ0) is 34.3. The van der Waals surface area contributed by atoms with Gasteiger partial charge in [-0.2, -0.15) is 73.7 Å². The van der Waals surface area contributed by atoms with Crippen molar-refractivity contribution in [1.29, 1.82) is 21.0 Å². The molecule has 0 N–H and O–H groups in total. The summed E-state index contributed by atoms with van der Waals surface area (Å²) >= 11 is 0. The molecule has 0 radical (unpaired) electrons. The van der Waals surface area contributed by atoms with E-state index in [4.69, 9.17) is 0 Å². The maximum absolute atomic E-state index is 13.6. The summed E-state index contributed by atoms with van der Waals surface area (Å²) in [6.07, 6.45) is -19.3. The highest BCUT2D eigenvalue weighted by atomic mass is 19.4. The van der Waals surface area contributed by atoms with Crippen molar-refractivity contribution in [2.45, 2.75) is 52.4 Å². The Bertz CT molecular complexity index is 1360. The van der Waals surface area contributed by atoms with E-state index >= 15 is 0 Å². The minimum atomic E-state index is -5.79. The highest BCUT2D eigenvalue weighted by Crippen LogP contribution is 2.77. The summed E-state index contributed by atoms with van der Waals surface area (Å²) in [6.45, 7) is 5.52. The molecule has 4 rings (SSSR count). The van der Waals surface area contributed by atoms with Crippen molar-refractivity contribution in [3.05, 3.63) is 46.6 Å². The number of hydrogen-bond donors (Lipinski definition) is 0. The van der Waals surface area contributed by atoms with Gasteiger partial charge in [0.05, 0.1) is 24.3 Å². The molecule has 4 aliphatic carbocycles. The lowest BCUT2D eigenvalue weighted by Gasteiger charge is -2.44. The van der Waals surface area contributed by atoms with Gasteiger partial charge in [-0.3, -0.25) is 0 Å². The monoisotopic (exact) mass is 640 g/mol. The number of allylic oxidation sites excluding steroid dienone is 8. The Hall–Kier alpha value is -3.92. The van der Waals surface area contributed by atoms with Crippen LogP contribution in [0.15, 0.2) is 46.6 Å². The minimum Gasteiger partial charge on any atom is -0.196 e. The van der Waals surface area contributed by atoms with E-state index in [0.29, 0.717) is 0 Å². The highest BCUT2D eigenvalue weighted by Gasteiger charge is 2.90. The van der Waals surface area contributed by atoms with E-state index in [-0.39, 0.29) is 22.3 Å². The van der Waals surface area contributed by atoms with E-state index in [1.165, 1.54) is 27.7 Å². The standard InChI is InChI=1S/2C14H10F6N2/c2*1-7(2)10-8-3-4-9(10)12(13(15,16)17,14(18,19)20)11(8,5-21)6-22/h2*3-4,8-9H,1-2H3/t2*8-,9+/m10/s1.